The van der Waals surface area contributed by atoms with Crippen LogP contribution in [0.15, 0.2) is 187 Å². The third-order valence-corrected chi connectivity index (χ3v) is 13.7. The van der Waals surface area contributed by atoms with Gasteiger partial charge >= 0.3 is 0 Å². The summed E-state index contributed by atoms with van der Waals surface area (Å²) in [6, 6.07) is 54.8. The molecule has 302 valence electrons. The van der Waals surface area contributed by atoms with E-state index in [-0.39, 0.29) is 10.8 Å². The van der Waals surface area contributed by atoms with Gasteiger partial charge in [0.25, 0.3) is 0 Å². The molecule has 12 rings (SSSR count). The van der Waals surface area contributed by atoms with Gasteiger partial charge < -0.3 is 4.42 Å². The van der Waals surface area contributed by atoms with Gasteiger partial charge in [-0.3, -0.25) is 4.57 Å². The monoisotopic (exact) mass is 811 g/mol. The smallest absolute Gasteiger partial charge is 0.162 e. The maximum Gasteiger partial charge on any atom is 0.162 e. The van der Waals surface area contributed by atoms with Gasteiger partial charge in [-0.15, -0.1) is 0 Å². The summed E-state index contributed by atoms with van der Waals surface area (Å²) in [5, 5.41) is 4.58. The molecule has 0 N–H and O–H groups in total. The van der Waals surface area contributed by atoms with E-state index in [0.29, 0.717) is 5.82 Å². The van der Waals surface area contributed by atoms with Crippen molar-refractivity contribution in [3.05, 3.63) is 205 Å². The van der Waals surface area contributed by atoms with Crippen molar-refractivity contribution < 1.29 is 4.42 Å². The van der Waals surface area contributed by atoms with Gasteiger partial charge in [-0.25, -0.2) is 9.97 Å². The number of hydrogen-bond acceptors (Lipinski definition) is 3. The molecule has 3 heterocycles. The number of nitrogens with zero attached hydrogens (tertiary/aromatic N) is 3. The van der Waals surface area contributed by atoms with Crippen LogP contribution in [0.4, 0.5) is 0 Å². The number of furan rings is 1. The fourth-order valence-electron chi connectivity index (χ4n) is 10.3. The molecular formula is C59H45N3O. The molecule has 0 atom stereocenters. The highest BCUT2D eigenvalue weighted by Gasteiger charge is 2.35. The Labute approximate surface area is 367 Å². The quantitative estimate of drug-likeness (QED) is 0.178. The molecule has 0 radical (unpaired) electrons. The summed E-state index contributed by atoms with van der Waals surface area (Å²) in [7, 11) is 0. The molecule has 7 aromatic carbocycles. The zero-order chi connectivity index (χ0) is 42.6. The lowest BCUT2D eigenvalue weighted by Gasteiger charge is -2.27. The molecule has 2 aliphatic rings. The van der Waals surface area contributed by atoms with Crippen LogP contribution >= 0.6 is 0 Å². The number of hydrogen-bond donors (Lipinski definition) is 0. The summed E-state index contributed by atoms with van der Waals surface area (Å²) in [6.45, 7) is 13.8. The number of para-hydroxylation sites is 2. The Morgan fingerprint density at radius 3 is 2.08 bits per heavy atom. The highest BCUT2D eigenvalue weighted by molar-refractivity contribution is 6.11. The summed E-state index contributed by atoms with van der Waals surface area (Å²) in [6.07, 6.45) is 9.47. The zero-order valence-corrected chi connectivity index (χ0v) is 35.9. The lowest BCUT2D eigenvalue weighted by molar-refractivity contribution is 0.533. The molecule has 3 aromatic heterocycles. The highest BCUT2D eigenvalue weighted by Crippen LogP contribution is 2.50. The van der Waals surface area contributed by atoms with E-state index >= 15 is 0 Å². The summed E-state index contributed by atoms with van der Waals surface area (Å²) in [4.78, 5) is 11.0. The highest BCUT2D eigenvalue weighted by atomic mass is 16.3. The van der Waals surface area contributed by atoms with E-state index < -0.39 is 0 Å². The van der Waals surface area contributed by atoms with Crippen LogP contribution in [0.2, 0.25) is 0 Å². The van der Waals surface area contributed by atoms with Crippen LogP contribution in [0, 0.1) is 0 Å². The molecule has 0 aliphatic heterocycles. The summed E-state index contributed by atoms with van der Waals surface area (Å²) >= 11 is 0. The number of rotatable bonds is 4. The molecule has 0 unspecified atom stereocenters. The number of aromatic nitrogens is 3. The number of allylic oxidation sites excluding steroid dienone is 5. The van der Waals surface area contributed by atoms with Crippen LogP contribution in [0.1, 0.15) is 56.4 Å². The van der Waals surface area contributed by atoms with E-state index in [9.17, 15) is 0 Å². The molecule has 63 heavy (non-hydrogen) atoms. The zero-order valence-electron chi connectivity index (χ0n) is 35.9. The topological polar surface area (TPSA) is 43.9 Å². The normalized spacial score (nSPS) is 16.1. The van der Waals surface area contributed by atoms with Crippen LogP contribution in [0.25, 0.3) is 100 Å². The second kappa shape index (κ2) is 13.7. The Hall–Kier alpha value is -7.56. The van der Waals surface area contributed by atoms with Crippen molar-refractivity contribution in [3.63, 3.8) is 0 Å². The van der Waals surface area contributed by atoms with Crippen molar-refractivity contribution in [1.82, 2.24) is 14.5 Å². The fourth-order valence-corrected chi connectivity index (χ4v) is 10.3. The Kier molecular flexibility index (Phi) is 8.11. The van der Waals surface area contributed by atoms with E-state index in [1.54, 1.807) is 0 Å². The van der Waals surface area contributed by atoms with Crippen LogP contribution < -0.4 is 0 Å². The average Bonchev–Trinajstić information content (AvgIpc) is 3.93. The van der Waals surface area contributed by atoms with Gasteiger partial charge in [0.1, 0.15) is 17.0 Å². The minimum atomic E-state index is -0.147. The largest absolute Gasteiger partial charge is 0.456 e. The van der Waals surface area contributed by atoms with Crippen molar-refractivity contribution >= 4 is 49.3 Å². The average molecular weight is 812 g/mol. The molecular weight excluding hydrogens is 767 g/mol. The molecule has 10 aromatic rings. The van der Waals surface area contributed by atoms with Crippen molar-refractivity contribution in [1.29, 1.82) is 0 Å². The number of benzene rings is 7. The maximum absolute atomic E-state index is 6.19. The fraction of sp³-hybridized carbons (Fsp3) is 0.119. The predicted molar refractivity (Wildman–Crippen MR) is 262 cm³/mol. The van der Waals surface area contributed by atoms with Crippen molar-refractivity contribution in [2.24, 2.45) is 0 Å². The SMILES string of the molecule is C=C1/C=C\C=C/CC(C)(C)c2cc(-c3nc(-c4ccc5c(c4)C(C)(C)c4ccccc4-5)cc(-n4c5ccccc5c5cc(-c6ccc7oc8ccccc8c7c6)ccc54)n3)ccc21. The first-order valence-electron chi connectivity index (χ1n) is 21.9. The van der Waals surface area contributed by atoms with Gasteiger partial charge in [0.05, 0.1) is 16.7 Å². The molecule has 4 nitrogen and oxygen atoms in total. The van der Waals surface area contributed by atoms with Gasteiger partial charge in [0.15, 0.2) is 5.82 Å². The standard InChI is InChI=1S/C59H45N3O/c1-36-15-7-6-14-30-58(2,3)49-34-40(23-26-41(36)49)57-60-51(39-22-27-43-42-16-8-11-19-48(42)59(4,5)50(43)33-39)35-56(61-57)62-52-20-12-9-17-44(52)46-31-37(24-28-53(46)62)38-25-29-55-47(32-38)45-18-10-13-21-54(45)63-55/h6-29,31-35H,1,30H2,2-5H3/b14-6-,15-7-. The van der Waals surface area contributed by atoms with Gasteiger partial charge in [0.2, 0.25) is 0 Å². The van der Waals surface area contributed by atoms with E-state index in [1.807, 2.05) is 12.1 Å². The van der Waals surface area contributed by atoms with Gasteiger partial charge in [-0.2, -0.15) is 0 Å². The second-order valence-electron chi connectivity index (χ2n) is 18.4. The molecule has 0 bridgehead atoms. The first kappa shape index (κ1) is 37.2. The molecule has 0 saturated heterocycles. The van der Waals surface area contributed by atoms with Crippen molar-refractivity contribution in [2.75, 3.05) is 0 Å². The van der Waals surface area contributed by atoms with Crippen LogP contribution in [0.3, 0.4) is 0 Å². The Morgan fingerprint density at radius 1 is 0.524 bits per heavy atom. The lowest BCUT2D eigenvalue weighted by Crippen LogP contribution is -2.18. The first-order valence-corrected chi connectivity index (χ1v) is 21.9. The third kappa shape index (κ3) is 5.82. The molecule has 0 fully saturated rings. The van der Waals surface area contributed by atoms with E-state index in [4.69, 9.17) is 14.4 Å². The predicted octanol–water partition coefficient (Wildman–Crippen LogP) is 15.6. The molecule has 0 spiro atoms. The Morgan fingerprint density at radius 2 is 1.19 bits per heavy atom. The Balaban J connectivity index is 1.07. The second-order valence-corrected chi connectivity index (χ2v) is 18.4. The van der Waals surface area contributed by atoms with Crippen LogP contribution in [-0.2, 0) is 10.8 Å². The van der Waals surface area contributed by atoms with Gasteiger partial charge in [0, 0.05) is 44.2 Å². The van der Waals surface area contributed by atoms with Gasteiger partial charge in [-0.1, -0.05) is 156 Å². The molecule has 0 amide bonds. The lowest BCUT2D eigenvalue weighted by atomic mass is 9.77. The van der Waals surface area contributed by atoms with Gasteiger partial charge in [-0.05, 0) is 110 Å². The van der Waals surface area contributed by atoms with E-state index in [2.05, 4.69) is 203 Å². The molecule has 2 aliphatic carbocycles. The van der Waals surface area contributed by atoms with Crippen LogP contribution in [-0.4, -0.2) is 14.5 Å². The molecule has 0 saturated carbocycles. The summed E-state index contributed by atoms with van der Waals surface area (Å²) < 4.78 is 8.51. The first-order chi connectivity index (χ1) is 30.6. The molecule has 4 heteroatoms. The third-order valence-electron chi connectivity index (χ3n) is 13.7. The maximum atomic E-state index is 6.19. The Bertz CT molecular complexity index is 3630. The number of fused-ring (bicyclic) bond motifs is 10. The van der Waals surface area contributed by atoms with Crippen LogP contribution in [0.5, 0.6) is 0 Å². The minimum Gasteiger partial charge on any atom is -0.456 e. The summed E-state index contributed by atoms with van der Waals surface area (Å²) in [5.41, 5.74) is 17.5. The van der Waals surface area contributed by atoms with E-state index in [0.717, 1.165) is 89.7 Å². The van der Waals surface area contributed by atoms with Crippen molar-refractivity contribution in [3.8, 4) is 50.7 Å². The van der Waals surface area contributed by atoms with Crippen molar-refractivity contribution in [2.45, 2.75) is 44.9 Å². The summed E-state index contributed by atoms with van der Waals surface area (Å²) in [5.74, 6) is 1.50. The minimum absolute atomic E-state index is 0.141. The van der Waals surface area contributed by atoms with E-state index in [1.165, 1.54) is 33.2 Å².